The van der Waals surface area contributed by atoms with Crippen LogP contribution in [0.25, 0.3) is 65.7 Å². The Morgan fingerprint density at radius 1 is 0.403 bits per heavy atom. The minimum absolute atomic E-state index is 0.285. The predicted octanol–water partition coefficient (Wildman–Crippen LogP) is 16.8. The number of nitrogens with zero attached hydrogens (tertiary/aromatic N) is 2. The van der Waals surface area contributed by atoms with Crippen LogP contribution in [0.2, 0.25) is 0 Å². The Kier molecular flexibility index (Phi) is 8.20. The van der Waals surface area contributed by atoms with Crippen LogP contribution in [0.4, 0.5) is 34.1 Å². The number of hydrogen-bond donors (Lipinski definition) is 0. The summed E-state index contributed by atoms with van der Waals surface area (Å²) in [6.07, 6.45) is 0. The lowest BCUT2D eigenvalue weighted by atomic mass is 9.72. The third-order valence-corrected chi connectivity index (χ3v) is 13.0. The van der Waals surface area contributed by atoms with Gasteiger partial charge in [-0.05, 0) is 104 Å². The van der Waals surface area contributed by atoms with E-state index in [1.165, 1.54) is 55.2 Å². The molecule has 294 valence electrons. The van der Waals surface area contributed by atoms with E-state index in [1.807, 2.05) is 6.07 Å². The van der Waals surface area contributed by atoms with Gasteiger partial charge in [-0.15, -0.1) is 0 Å². The Morgan fingerprint density at radius 3 is 1.87 bits per heavy atom. The summed E-state index contributed by atoms with van der Waals surface area (Å²) in [5.41, 5.74) is 15.2. The predicted molar refractivity (Wildman–Crippen MR) is 261 cm³/mol. The molecule has 62 heavy (non-hydrogen) atoms. The van der Waals surface area contributed by atoms with Crippen molar-refractivity contribution in [3.63, 3.8) is 0 Å². The molecular weight excluding hydrogens is 753 g/mol. The van der Waals surface area contributed by atoms with Gasteiger partial charge in [-0.25, -0.2) is 0 Å². The van der Waals surface area contributed by atoms with Gasteiger partial charge in [-0.1, -0.05) is 178 Å². The topological polar surface area (TPSA) is 19.6 Å². The molecule has 1 aliphatic heterocycles. The van der Waals surface area contributed by atoms with E-state index < -0.39 is 0 Å². The highest BCUT2D eigenvalue weighted by atomic mass is 16.3. The van der Waals surface area contributed by atoms with Crippen molar-refractivity contribution in [3.8, 4) is 22.3 Å². The molecule has 11 aromatic rings. The minimum atomic E-state index is -0.285. The van der Waals surface area contributed by atoms with Crippen LogP contribution < -0.4 is 9.80 Å². The van der Waals surface area contributed by atoms with E-state index in [1.54, 1.807) is 0 Å². The molecule has 1 aromatic heterocycles. The molecule has 10 aromatic carbocycles. The fraction of sp³-hybridized carbons (Fsp3) is 0.0508. The number of anilines is 6. The molecule has 0 aliphatic carbocycles. The lowest BCUT2D eigenvalue weighted by Gasteiger charge is -2.44. The zero-order valence-electron chi connectivity index (χ0n) is 34.6. The van der Waals surface area contributed by atoms with Gasteiger partial charge in [0.15, 0.2) is 5.58 Å². The van der Waals surface area contributed by atoms with Crippen molar-refractivity contribution >= 4 is 77.6 Å². The highest BCUT2D eigenvalue weighted by Crippen LogP contribution is 2.57. The van der Waals surface area contributed by atoms with Crippen LogP contribution in [-0.2, 0) is 5.41 Å². The minimum Gasteiger partial charge on any atom is -0.454 e. The van der Waals surface area contributed by atoms with E-state index in [2.05, 4.69) is 236 Å². The van der Waals surface area contributed by atoms with Crippen molar-refractivity contribution in [1.82, 2.24) is 0 Å². The molecule has 0 bridgehead atoms. The van der Waals surface area contributed by atoms with Crippen LogP contribution in [-0.4, -0.2) is 0 Å². The molecule has 0 fully saturated rings. The van der Waals surface area contributed by atoms with E-state index in [9.17, 15) is 0 Å². The molecule has 3 nitrogen and oxygen atoms in total. The summed E-state index contributed by atoms with van der Waals surface area (Å²) in [6, 6.07) is 79.3. The first-order valence-corrected chi connectivity index (χ1v) is 21.4. The Hall–Kier alpha value is -7.88. The molecule has 0 saturated carbocycles. The normalized spacial score (nSPS) is 13.1. The summed E-state index contributed by atoms with van der Waals surface area (Å²) in [4.78, 5) is 4.94. The standard InChI is InChI=1S/C59H42N2O/c1-59(2)50-23-11-12-24-52(50)61(53-35-32-45(38-51(53)59)44-28-27-40-17-6-7-19-43(40)37-44)57-47-20-9-8-18-42(47)31-36-54(57)60(46-33-29-41(30-34-46)39-15-4-3-5-16-39)55-25-14-22-49-48-21-10-13-26-56(48)62-58(49)55/h3-38H,1-2H3. The third kappa shape index (κ3) is 5.66. The highest BCUT2D eigenvalue weighted by Gasteiger charge is 2.39. The van der Waals surface area contributed by atoms with Gasteiger partial charge in [0.25, 0.3) is 0 Å². The van der Waals surface area contributed by atoms with Gasteiger partial charge in [0.05, 0.1) is 28.4 Å². The molecule has 0 spiro atoms. The largest absolute Gasteiger partial charge is 0.454 e. The molecule has 1 aliphatic rings. The van der Waals surface area contributed by atoms with Gasteiger partial charge in [0.2, 0.25) is 0 Å². The molecule has 0 radical (unpaired) electrons. The Labute approximate surface area is 361 Å². The van der Waals surface area contributed by atoms with Crippen LogP contribution >= 0.6 is 0 Å². The van der Waals surface area contributed by atoms with Crippen molar-refractivity contribution in [2.45, 2.75) is 19.3 Å². The number of para-hydroxylation sites is 3. The molecule has 0 amide bonds. The lowest BCUT2D eigenvalue weighted by Crippen LogP contribution is -2.31. The molecule has 0 atom stereocenters. The van der Waals surface area contributed by atoms with Gasteiger partial charge in [0.1, 0.15) is 5.58 Å². The smallest absolute Gasteiger partial charge is 0.159 e. The molecule has 12 rings (SSSR count). The van der Waals surface area contributed by atoms with Gasteiger partial charge >= 0.3 is 0 Å². The fourth-order valence-electron chi connectivity index (χ4n) is 9.90. The van der Waals surface area contributed by atoms with Crippen molar-refractivity contribution in [2.75, 3.05) is 9.80 Å². The Bertz CT molecular complexity index is 3510. The maximum absolute atomic E-state index is 6.84. The van der Waals surface area contributed by atoms with E-state index in [-0.39, 0.29) is 5.41 Å². The SMILES string of the molecule is CC1(C)c2ccccc2N(c2c(N(c3ccc(-c4ccccc4)cc3)c3cccc4c3oc3ccccc34)ccc3ccccc23)c2ccc(-c3ccc4ccccc4c3)cc21. The molecular formula is C59H42N2O. The van der Waals surface area contributed by atoms with Gasteiger partial charge < -0.3 is 14.2 Å². The second-order valence-electron chi connectivity index (χ2n) is 16.9. The summed E-state index contributed by atoms with van der Waals surface area (Å²) in [6.45, 7) is 4.75. The van der Waals surface area contributed by atoms with Gasteiger partial charge in [-0.2, -0.15) is 0 Å². The highest BCUT2D eigenvalue weighted by molar-refractivity contribution is 6.13. The van der Waals surface area contributed by atoms with Crippen LogP contribution in [0.1, 0.15) is 25.0 Å². The number of benzene rings is 10. The van der Waals surface area contributed by atoms with Crippen molar-refractivity contribution in [3.05, 3.63) is 230 Å². The van der Waals surface area contributed by atoms with Crippen LogP contribution in [0.5, 0.6) is 0 Å². The molecule has 0 saturated heterocycles. The van der Waals surface area contributed by atoms with Crippen molar-refractivity contribution in [1.29, 1.82) is 0 Å². The van der Waals surface area contributed by atoms with E-state index in [0.29, 0.717) is 0 Å². The second-order valence-corrected chi connectivity index (χ2v) is 16.9. The quantitative estimate of drug-likeness (QED) is 0.167. The van der Waals surface area contributed by atoms with Crippen molar-refractivity contribution in [2.24, 2.45) is 0 Å². The first kappa shape index (κ1) is 36.0. The lowest BCUT2D eigenvalue weighted by molar-refractivity contribution is 0.632. The monoisotopic (exact) mass is 794 g/mol. The summed E-state index contributed by atoms with van der Waals surface area (Å²) in [5, 5.41) is 7.01. The molecule has 2 heterocycles. The zero-order chi connectivity index (χ0) is 41.4. The van der Waals surface area contributed by atoms with E-state index >= 15 is 0 Å². The van der Waals surface area contributed by atoms with Crippen molar-refractivity contribution < 1.29 is 4.42 Å². The number of rotatable bonds is 6. The molecule has 0 unspecified atom stereocenters. The number of fused-ring (bicyclic) bond motifs is 7. The first-order valence-electron chi connectivity index (χ1n) is 21.4. The second kappa shape index (κ2) is 14.1. The summed E-state index contributed by atoms with van der Waals surface area (Å²) < 4.78 is 6.84. The third-order valence-electron chi connectivity index (χ3n) is 13.0. The molecule has 3 heteroatoms. The van der Waals surface area contributed by atoms with Crippen LogP contribution in [0, 0.1) is 0 Å². The maximum atomic E-state index is 6.84. The Balaban J connectivity index is 1.14. The number of furan rings is 1. The molecule has 0 N–H and O–H groups in total. The summed E-state index contributed by atoms with van der Waals surface area (Å²) in [7, 11) is 0. The average molecular weight is 795 g/mol. The van der Waals surface area contributed by atoms with E-state index in [0.717, 1.165) is 55.8 Å². The van der Waals surface area contributed by atoms with Crippen LogP contribution in [0.3, 0.4) is 0 Å². The average Bonchev–Trinajstić information content (AvgIpc) is 3.72. The van der Waals surface area contributed by atoms with E-state index in [4.69, 9.17) is 4.42 Å². The number of hydrogen-bond acceptors (Lipinski definition) is 3. The van der Waals surface area contributed by atoms with Gasteiger partial charge in [0, 0.05) is 27.3 Å². The zero-order valence-corrected chi connectivity index (χ0v) is 34.6. The Morgan fingerprint density at radius 2 is 1.02 bits per heavy atom. The maximum Gasteiger partial charge on any atom is 0.159 e. The van der Waals surface area contributed by atoms with Gasteiger partial charge in [-0.3, -0.25) is 0 Å². The fourth-order valence-corrected chi connectivity index (χ4v) is 9.90. The summed E-state index contributed by atoms with van der Waals surface area (Å²) >= 11 is 0. The summed E-state index contributed by atoms with van der Waals surface area (Å²) in [5.74, 6) is 0. The first-order chi connectivity index (χ1) is 30.5. The van der Waals surface area contributed by atoms with Crippen LogP contribution in [0.15, 0.2) is 223 Å².